The van der Waals surface area contributed by atoms with E-state index < -0.39 is 0 Å². The van der Waals surface area contributed by atoms with E-state index in [9.17, 15) is 0 Å². The maximum Gasteiger partial charge on any atom is 0.167 e. The third kappa shape index (κ3) is 2.51. The number of thioether (sulfide) groups is 1. The molecule has 0 N–H and O–H groups in total. The molecule has 3 rings (SSSR count). The molecule has 3 aromatic rings. The van der Waals surface area contributed by atoms with Crippen LogP contribution in [-0.4, -0.2) is 30.9 Å². The average Bonchev–Trinajstić information content (AvgIpc) is 2.93. The smallest absolute Gasteiger partial charge is 0.167 e. The van der Waals surface area contributed by atoms with Crippen molar-refractivity contribution in [3.05, 3.63) is 42.9 Å². The SMILES string of the molecule is CC(CCl)Sc1ncnc2c1cnn2-c1ccccc1. The molecule has 2 heterocycles. The van der Waals surface area contributed by atoms with Crippen molar-refractivity contribution in [2.75, 3.05) is 5.88 Å². The highest BCUT2D eigenvalue weighted by atomic mass is 35.5. The minimum Gasteiger partial charge on any atom is -0.229 e. The topological polar surface area (TPSA) is 43.6 Å². The Morgan fingerprint density at radius 2 is 2.05 bits per heavy atom. The molecular formula is C14H13ClN4S. The van der Waals surface area contributed by atoms with Crippen LogP contribution in [0, 0.1) is 0 Å². The Hall–Kier alpha value is -1.59. The highest BCUT2D eigenvalue weighted by Gasteiger charge is 2.13. The second-order valence-corrected chi connectivity index (χ2v) is 6.13. The fraction of sp³-hybridized carbons (Fsp3) is 0.214. The molecule has 0 radical (unpaired) electrons. The van der Waals surface area contributed by atoms with Gasteiger partial charge >= 0.3 is 0 Å². The van der Waals surface area contributed by atoms with Gasteiger partial charge in [0.1, 0.15) is 11.4 Å². The molecule has 0 aliphatic heterocycles. The number of rotatable bonds is 4. The van der Waals surface area contributed by atoms with E-state index >= 15 is 0 Å². The van der Waals surface area contributed by atoms with Gasteiger partial charge < -0.3 is 0 Å². The van der Waals surface area contributed by atoms with Gasteiger partial charge in [-0.15, -0.1) is 23.4 Å². The van der Waals surface area contributed by atoms with Crippen molar-refractivity contribution in [1.29, 1.82) is 0 Å². The Labute approximate surface area is 126 Å². The van der Waals surface area contributed by atoms with Gasteiger partial charge in [0.15, 0.2) is 5.65 Å². The summed E-state index contributed by atoms with van der Waals surface area (Å²) >= 11 is 7.51. The Balaban J connectivity index is 2.08. The molecule has 102 valence electrons. The van der Waals surface area contributed by atoms with Crippen LogP contribution in [0.1, 0.15) is 6.92 Å². The molecule has 1 unspecified atom stereocenters. The number of halogens is 1. The molecule has 1 aromatic carbocycles. The van der Waals surface area contributed by atoms with Crippen molar-refractivity contribution in [2.45, 2.75) is 17.2 Å². The molecule has 2 aromatic heterocycles. The van der Waals surface area contributed by atoms with Crippen molar-refractivity contribution in [2.24, 2.45) is 0 Å². The second kappa shape index (κ2) is 5.81. The lowest BCUT2D eigenvalue weighted by atomic mass is 10.3. The number of para-hydroxylation sites is 1. The maximum atomic E-state index is 5.87. The maximum absolute atomic E-state index is 5.87. The van der Waals surface area contributed by atoms with Gasteiger partial charge in [-0.2, -0.15) is 5.10 Å². The quantitative estimate of drug-likeness (QED) is 0.420. The average molecular weight is 305 g/mol. The molecular weight excluding hydrogens is 292 g/mol. The summed E-state index contributed by atoms with van der Waals surface area (Å²) in [6, 6.07) is 9.95. The highest BCUT2D eigenvalue weighted by Crippen LogP contribution is 2.28. The largest absolute Gasteiger partial charge is 0.229 e. The molecule has 20 heavy (non-hydrogen) atoms. The zero-order chi connectivity index (χ0) is 13.9. The lowest BCUT2D eigenvalue weighted by Crippen LogP contribution is -2.00. The van der Waals surface area contributed by atoms with E-state index in [1.807, 2.05) is 41.2 Å². The number of hydrogen-bond donors (Lipinski definition) is 0. The van der Waals surface area contributed by atoms with Gasteiger partial charge in [0, 0.05) is 11.1 Å². The Morgan fingerprint density at radius 1 is 1.25 bits per heavy atom. The first-order chi connectivity index (χ1) is 9.79. The molecule has 4 nitrogen and oxygen atoms in total. The molecule has 0 fully saturated rings. The van der Waals surface area contributed by atoms with E-state index in [2.05, 4.69) is 22.0 Å². The summed E-state index contributed by atoms with van der Waals surface area (Å²) < 4.78 is 1.83. The fourth-order valence-corrected chi connectivity index (χ4v) is 2.91. The highest BCUT2D eigenvalue weighted by molar-refractivity contribution is 8.00. The summed E-state index contributed by atoms with van der Waals surface area (Å²) in [5.41, 5.74) is 1.80. The van der Waals surface area contributed by atoms with Gasteiger partial charge in [0.2, 0.25) is 0 Å². The third-order valence-electron chi connectivity index (χ3n) is 2.86. The molecule has 0 saturated heterocycles. The van der Waals surface area contributed by atoms with Crippen LogP contribution in [0.2, 0.25) is 0 Å². The van der Waals surface area contributed by atoms with Crippen molar-refractivity contribution < 1.29 is 0 Å². The summed E-state index contributed by atoms with van der Waals surface area (Å²) in [7, 11) is 0. The van der Waals surface area contributed by atoms with E-state index in [0.717, 1.165) is 21.7 Å². The Kier molecular flexibility index (Phi) is 3.89. The lowest BCUT2D eigenvalue weighted by Gasteiger charge is -2.07. The van der Waals surface area contributed by atoms with Gasteiger partial charge in [-0.25, -0.2) is 14.6 Å². The molecule has 0 aliphatic carbocycles. The summed E-state index contributed by atoms with van der Waals surface area (Å²) in [5.74, 6) is 0.586. The standard InChI is InChI=1S/C14H13ClN4S/c1-10(7-15)20-14-12-8-18-19(13(12)16-9-17-14)11-5-3-2-4-6-11/h2-6,8-10H,7H2,1H3. The number of alkyl halides is 1. The molecule has 0 spiro atoms. The van der Waals surface area contributed by atoms with Crippen molar-refractivity contribution >= 4 is 34.4 Å². The van der Waals surface area contributed by atoms with Crippen LogP contribution in [0.15, 0.2) is 47.9 Å². The molecule has 0 saturated carbocycles. The minimum atomic E-state index is 0.301. The number of hydrogen-bond acceptors (Lipinski definition) is 4. The van der Waals surface area contributed by atoms with Gasteiger partial charge in [0.25, 0.3) is 0 Å². The first kappa shape index (κ1) is 13.4. The molecule has 0 amide bonds. The van der Waals surface area contributed by atoms with Crippen LogP contribution in [-0.2, 0) is 0 Å². The van der Waals surface area contributed by atoms with Gasteiger partial charge in [0.05, 0.1) is 17.3 Å². The van der Waals surface area contributed by atoms with E-state index in [-0.39, 0.29) is 0 Å². The Morgan fingerprint density at radius 3 is 2.80 bits per heavy atom. The number of aromatic nitrogens is 4. The zero-order valence-corrected chi connectivity index (χ0v) is 12.5. The van der Waals surface area contributed by atoms with E-state index in [0.29, 0.717) is 11.1 Å². The van der Waals surface area contributed by atoms with Crippen LogP contribution in [0.4, 0.5) is 0 Å². The predicted octanol–water partition coefficient (Wildman–Crippen LogP) is 3.53. The fourth-order valence-electron chi connectivity index (χ4n) is 1.90. The minimum absolute atomic E-state index is 0.301. The first-order valence-corrected chi connectivity index (χ1v) is 7.68. The van der Waals surface area contributed by atoms with E-state index in [1.54, 1.807) is 18.1 Å². The van der Waals surface area contributed by atoms with Gasteiger partial charge in [-0.1, -0.05) is 25.1 Å². The third-order valence-corrected chi connectivity index (χ3v) is 4.62. The number of fused-ring (bicyclic) bond motifs is 1. The second-order valence-electron chi connectivity index (χ2n) is 4.39. The number of nitrogens with zero attached hydrogens (tertiary/aromatic N) is 4. The van der Waals surface area contributed by atoms with Gasteiger partial charge in [-0.3, -0.25) is 0 Å². The molecule has 0 aliphatic rings. The number of benzene rings is 1. The zero-order valence-electron chi connectivity index (χ0n) is 10.9. The van der Waals surface area contributed by atoms with Crippen LogP contribution in [0.25, 0.3) is 16.7 Å². The normalized spacial score (nSPS) is 12.7. The van der Waals surface area contributed by atoms with E-state index in [4.69, 9.17) is 11.6 Å². The van der Waals surface area contributed by atoms with Gasteiger partial charge in [-0.05, 0) is 12.1 Å². The van der Waals surface area contributed by atoms with Crippen LogP contribution in [0.3, 0.4) is 0 Å². The monoisotopic (exact) mass is 304 g/mol. The first-order valence-electron chi connectivity index (χ1n) is 6.26. The van der Waals surface area contributed by atoms with Crippen molar-refractivity contribution in [3.8, 4) is 5.69 Å². The van der Waals surface area contributed by atoms with Crippen LogP contribution >= 0.6 is 23.4 Å². The van der Waals surface area contributed by atoms with Crippen LogP contribution < -0.4 is 0 Å². The summed E-state index contributed by atoms with van der Waals surface area (Å²) in [6.07, 6.45) is 3.39. The summed E-state index contributed by atoms with van der Waals surface area (Å²) in [4.78, 5) is 8.70. The van der Waals surface area contributed by atoms with Crippen molar-refractivity contribution in [1.82, 2.24) is 19.7 Å². The van der Waals surface area contributed by atoms with E-state index in [1.165, 1.54) is 0 Å². The van der Waals surface area contributed by atoms with Crippen LogP contribution in [0.5, 0.6) is 0 Å². The molecule has 0 bridgehead atoms. The van der Waals surface area contributed by atoms with Crippen molar-refractivity contribution in [3.63, 3.8) is 0 Å². The molecule has 1 atom stereocenters. The summed E-state index contributed by atoms with van der Waals surface area (Å²) in [6.45, 7) is 2.08. The predicted molar refractivity (Wildman–Crippen MR) is 82.7 cm³/mol. The summed E-state index contributed by atoms with van der Waals surface area (Å²) in [5, 5.41) is 6.61. The Bertz CT molecular complexity index is 714. The lowest BCUT2D eigenvalue weighted by molar-refractivity contribution is 0.893. The molecule has 6 heteroatoms.